The topological polar surface area (TPSA) is 234 Å². The number of methoxy groups -OCH3 is 2. The summed E-state index contributed by atoms with van der Waals surface area (Å²) in [6, 6.07) is 37.0. The molecule has 8 rings (SSSR count). The number of hydrogen-bond acceptors (Lipinski definition) is 17. The van der Waals surface area contributed by atoms with Gasteiger partial charge in [0.15, 0.2) is 29.1 Å². The van der Waals surface area contributed by atoms with Crippen LogP contribution in [0.5, 0.6) is 11.5 Å². The maximum atomic E-state index is 13.5. The van der Waals surface area contributed by atoms with Crippen molar-refractivity contribution in [1.29, 1.82) is 0 Å². The predicted molar refractivity (Wildman–Crippen MR) is 314 cm³/mol. The van der Waals surface area contributed by atoms with Gasteiger partial charge in [0.05, 0.1) is 67.5 Å². The van der Waals surface area contributed by atoms with Crippen LogP contribution in [-0.4, -0.2) is 128 Å². The Morgan fingerprint density at radius 3 is 1.40 bits per heavy atom. The van der Waals surface area contributed by atoms with Gasteiger partial charge in [-0.1, -0.05) is 71.7 Å². The van der Waals surface area contributed by atoms with E-state index in [2.05, 4.69) is 74.5 Å². The molecule has 1 unspecified atom stereocenters. The van der Waals surface area contributed by atoms with Gasteiger partial charge in [0.25, 0.3) is 20.0 Å². The molecule has 19 nitrogen and oxygen atoms in total. The number of sulfonamides is 2. The first kappa shape index (κ1) is 60.0. The number of ketones is 1. The van der Waals surface area contributed by atoms with E-state index in [-0.39, 0.29) is 50.5 Å². The zero-order chi connectivity index (χ0) is 56.6. The third-order valence-electron chi connectivity index (χ3n) is 11.5. The van der Waals surface area contributed by atoms with Crippen LogP contribution in [0.4, 0.5) is 34.6 Å². The summed E-state index contributed by atoms with van der Waals surface area (Å²) in [7, 11) is 5.11. The Labute approximate surface area is 466 Å². The van der Waals surface area contributed by atoms with Gasteiger partial charge in [-0.15, -0.1) is 0 Å². The van der Waals surface area contributed by atoms with Crippen LogP contribution in [0.25, 0.3) is 22.1 Å². The second-order valence-electron chi connectivity index (χ2n) is 18.0. The molecule has 6 N–H and O–H groups in total. The lowest BCUT2D eigenvalue weighted by Gasteiger charge is -2.18. The predicted octanol–water partition coefficient (Wildman–Crippen LogP) is 9.85. The van der Waals surface area contributed by atoms with E-state index >= 15 is 0 Å². The Morgan fingerprint density at radius 1 is 0.564 bits per heavy atom. The SMILES string of the molecule is CNCCN(C)C.COc1ccc(Cl)c(Nc2nc3ccccc3nc2NS(=O)(=O)c2cccc(C(C)=O)c2)c1.COc1ccc(Cl)c(Nc2nc3ccccc3nc2NS(=O)(=O)c2cccc(C(C)NCCN(C)C)c2)c1. The van der Waals surface area contributed by atoms with Crippen LogP contribution in [-0.2, 0) is 20.0 Å². The van der Waals surface area contributed by atoms with E-state index in [0.29, 0.717) is 55.0 Å². The summed E-state index contributed by atoms with van der Waals surface area (Å²) in [4.78, 5) is 34.2. The second kappa shape index (κ2) is 27.9. The number of carbonyl (C=O) groups excluding carboxylic acids is 1. The molecule has 23 heteroatoms. The Kier molecular flexibility index (Phi) is 21.5. The van der Waals surface area contributed by atoms with E-state index in [1.165, 1.54) is 32.2 Å². The average molecular weight is 1140 g/mol. The highest BCUT2D eigenvalue weighted by atomic mass is 35.5. The van der Waals surface area contributed by atoms with Crippen molar-refractivity contribution < 1.29 is 31.1 Å². The standard InChI is InChI=1S/C27H31ClN6O3S.C23H19ClN4O4S.C5H14N2/c1-18(29-14-15-34(2)3)19-8-7-9-21(16-19)38(35,36)33-27-26(30-23-10-5-6-11-24(23)31-27)32-25-17-20(37-4)12-13-22(25)28;1-14(29)15-6-5-7-17(12-15)33(30,31)28-23-22(25-19-8-3-4-9-20(19)26-23)27-21-13-16(32-2)10-11-18(21)24;1-6-4-5-7(2)3/h5-13,16-18,29H,14-15H2,1-4H3,(H,30,32)(H,31,33);3-13H,1-2H3,(H,25,27)(H,26,28);6H,4-5H2,1-3H3. The number of anilines is 6. The van der Waals surface area contributed by atoms with Crippen molar-refractivity contribution in [3.8, 4) is 11.5 Å². The molecule has 1 atom stereocenters. The lowest BCUT2D eigenvalue weighted by Crippen LogP contribution is -2.28. The molecular weight excluding hydrogens is 1080 g/mol. The maximum absolute atomic E-state index is 13.5. The largest absolute Gasteiger partial charge is 0.497 e. The van der Waals surface area contributed by atoms with E-state index < -0.39 is 20.0 Å². The number of nitrogens with one attached hydrogen (secondary N) is 6. The quantitative estimate of drug-likeness (QED) is 0.0367. The first-order valence-corrected chi connectivity index (χ1v) is 28.1. The molecule has 0 aliphatic heterocycles. The molecule has 0 radical (unpaired) electrons. The highest BCUT2D eigenvalue weighted by molar-refractivity contribution is 7.93. The molecule has 412 valence electrons. The number of aromatic nitrogens is 4. The number of ether oxygens (including phenoxy) is 2. The Morgan fingerprint density at radius 2 is 0.987 bits per heavy atom. The van der Waals surface area contributed by atoms with Gasteiger partial charge >= 0.3 is 0 Å². The number of Topliss-reactive ketones (excluding diaryl/α,β-unsaturated/α-hetero) is 1. The molecule has 6 aromatic carbocycles. The Bertz CT molecular complexity index is 3580. The van der Waals surface area contributed by atoms with E-state index in [1.54, 1.807) is 104 Å². The number of halogens is 2. The lowest BCUT2D eigenvalue weighted by atomic mass is 10.1. The average Bonchev–Trinajstić information content (AvgIpc) is 3.53. The molecule has 0 aliphatic rings. The Hall–Kier alpha value is -7.21. The van der Waals surface area contributed by atoms with E-state index in [4.69, 9.17) is 32.7 Å². The van der Waals surface area contributed by atoms with Gasteiger partial charge in [-0.25, -0.2) is 36.8 Å². The molecule has 0 saturated carbocycles. The number of hydrogen-bond donors (Lipinski definition) is 6. The molecule has 0 spiro atoms. The van der Waals surface area contributed by atoms with Crippen molar-refractivity contribution in [2.24, 2.45) is 0 Å². The third-order valence-corrected chi connectivity index (χ3v) is 14.8. The fraction of sp³-hybridized carbons (Fsp3) is 0.255. The van der Waals surface area contributed by atoms with Crippen molar-refractivity contribution >= 4 is 106 Å². The van der Waals surface area contributed by atoms with Crippen LogP contribution in [0.2, 0.25) is 10.0 Å². The molecule has 2 heterocycles. The molecule has 0 aliphatic carbocycles. The summed E-state index contributed by atoms with van der Waals surface area (Å²) >= 11 is 12.7. The number of nitrogens with zero attached hydrogens (tertiary/aromatic N) is 6. The number of benzene rings is 6. The summed E-state index contributed by atoms with van der Waals surface area (Å²) < 4.78 is 68.9. The van der Waals surface area contributed by atoms with E-state index in [0.717, 1.165) is 31.7 Å². The van der Waals surface area contributed by atoms with Gasteiger partial charge in [-0.05, 0) is 127 Å². The highest BCUT2D eigenvalue weighted by Gasteiger charge is 2.23. The maximum Gasteiger partial charge on any atom is 0.263 e. The summed E-state index contributed by atoms with van der Waals surface area (Å²) in [6.07, 6.45) is 0. The summed E-state index contributed by atoms with van der Waals surface area (Å²) in [5.74, 6) is 1.27. The minimum absolute atomic E-state index is 0.0270. The third kappa shape index (κ3) is 16.9. The van der Waals surface area contributed by atoms with Crippen LogP contribution in [0.3, 0.4) is 0 Å². The van der Waals surface area contributed by atoms with Gasteiger partial charge in [0.2, 0.25) is 0 Å². The van der Waals surface area contributed by atoms with Crippen LogP contribution in [0.1, 0.15) is 35.8 Å². The van der Waals surface area contributed by atoms with E-state index in [1.807, 2.05) is 46.3 Å². The first-order chi connectivity index (χ1) is 37.2. The highest BCUT2D eigenvalue weighted by Crippen LogP contribution is 2.35. The zero-order valence-electron chi connectivity index (χ0n) is 44.7. The van der Waals surface area contributed by atoms with Crippen molar-refractivity contribution in [2.75, 3.05) is 95.7 Å². The minimum Gasteiger partial charge on any atom is -0.497 e. The molecule has 0 saturated heterocycles. The molecule has 8 aromatic rings. The lowest BCUT2D eigenvalue weighted by molar-refractivity contribution is 0.101. The zero-order valence-corrected chi connectivity index (χ0v) is 47.9. The van der Waals surface area contributed by atoms with Crippen molar-refractivity contribution in [3.05, 3.63) is 155 Å². The Balaban J connectivity index is 0.000000226. The summed E-state index contributed by atoms with van der Waals surface area (Å²) in [6.45, 7) is 7.22. The molecule has 0 bridgehead atoms. The van der Waals surface area contributed by atoms with Crippen molar-refractivity contribution in [3.63, 3.8) is 0 Å². The van der Waals surface area contributed by atoms with Crippen LogP contribution in [0.15, 0.2) is 143 Å². The number of fused-ring (bicyclic) bond motifs is 2. The van der Waals surface area contributed by atoms with Crippen LogP contribution < -0.4 is 40.2 Å². The minimum atomic E-state index is -4.08. The van der Waals surface area contributed by atoms with Gasteiger partial charge in [-0.2, -0.15) is 0 Å². The number of para-hydroxylation sites is 4. The van der Waals surface area contributed by atoms with Gasteiger partial charge in [-0.3, -0.25) is 14.2 Å². The van der Waals surface area contributed by atoms with Crippen LogP contribution in [0, 0.1) is 0 Å². The van der Waals surface area contributed by atoms with Gasteiger partial charge in [0.1, 0.15) is 11.5 Å². The summed E-state index contributed by atoms with van der Waals surface area (Å²) in [5, 5.41) is 13.4. The molecule has 78 heavy (non-hydrogen) atoms. The monoisotopic (exact) mass is 1140 g/mol. The van der Waals surface area contributed by atoms with Crippen molar-refractivity contribution in [2.45, 2.75) is 29.7 Å². The smallest absolute Gasteiger partial charge is 0.263 e. The molecular formula is C55H64Cl2N12O7S2. The normalized spacial score (nSPS) is 11.8. The summed E-state index contributed by atoms with van der Waals surface area (Å²) in [5.41, 5.74) is 4.28. The molecule has 0 fully saturated rings. The number of carbonyl (C=O) groups is 1. The van der Waals surface area contributed by atoms with Crippen molar-refractivity contribution in [1.82, 2.24) is 40.4 Å². The first-order valence-electron chi connectivity index (χ1n) is 24.4. The van der Waals surface area contributed by atoms with E-state index in [9.17, 15) is 21.6 Å². The molecule has 0 amide bonds. The second-order valence-corrected chi connectivity index (χ2v) is 22.2. The van der Waals surface area contributed by atoms with Gasteiger partial charge < -0.3 is 40.5 Å². The fourth-order valence-corrected chi connectivity index (χ4v) is 9.64. The fourth-order valence-electron chi connectivity index (χ4n) is 7.19. The van der Waals surface area contributed by atoms with Gasteiger partial charge in [0, 0.05) is 49.9 Å². The number of rotatable bonds is 21. The number of likely N-dealkylation sites (N-methyl/N-ethyl adjacent to an activating group) is 3. The molecule has 2 aromatic heterocycles. The van der Waals surface area contributed by atoms with Crippen LogP contribution >= 0.6 is 23.2 Å².